The third kappa shape index (κ3) is 48.7. The van der Waals surface area contributed by atoms with E-state index in [0.29, 0.717) is 0 Å². The van der Waals surface area contributed by atoms with Gasteiger partial charge >= 0.3 is 65.5 Å². The summed E-state index contributed by atoms with van der Waals surface area (Å²) in [5, 5.41) is 23.1. The van der Waals surface area contributed by atoms with Crippen LogP contribution in [0.3, 0.4) is 0 Å². The summed E-state index contributed by atoms with van der Waals surface area (Å²) in [6, 6.07) is 0. The van der Waals surface area contributed by atoms with Crippen LogP contribution in [0.4, 0.5) is 0 Å². The predicted octanol–water partition coefficient (Wildman–Crippen LogP) is -1.10. The van der Waals surface area contributed by atoms with Crippen LogP contribution in [-0.4, -0.2) is 70.6 Å². The van der Waals surface area contributed by atoms with Crippen LogP contribution in [0.5, 0.6) is 0 Å². The zero-order valence-corrected chi connectivity index (χ0v) is 8.66. The fourth-order valence-electron chi connectivity index (χ4n) is 0. The van der Waals surface area contributed by atoms with E-state index in [2.05, 4.69) is 0 Å². The minimum absolute atomic E-state index is 0.174. The summed E-state index contributed by atoms with van der Waals surface area (Å²) in [5.41, 5.74) is 0. The summed E-state index contributed by atoms with van der Waals surface area (Å²) < 4.78 is -0.979. The van der Waals surface area contributed by atoms with Gasteiger partial charge in [-0.05, 0) is 0 Å². The first-order chi connectivity index (χ1) is 4.00. The topological polar surface area (TPSA) is 77.8 Å². The van der Waals surface area contributed by atoms with Crippen molar-refractivity contribution in [1.82, 2.24) is 0 Å². The Kier molecular flexibility index (Phi) is 12.7. The van der Waals surface area contributed by atoms with Gasteiger partial charge in [0.05, 0.1) is 0 Å². The molecule has 0 aromatic rings. The van der Waals surface area contributed by atoms with Crippen LogP contribution in [0, 0.1) is 0 Å². The van der Waals surface area contributed by atoms with Crippen molar-refractivity contribution in [3.63, 3.8) is 0 Å². The number of aliphatic hydroxyl groups is 2. The first kappa shape index (κ1) is 12.7. The molecule has 0 spiro atoms. The molecular formula is C4H9KO4. The Morgan fingerprint density at radius 3 is 1.78 bits per heavy atom. The summed E-state index contributed by atoms with van der Waals surface area (Å²) in [4.78, 5) is 9.37. The van der Waals surface area contributed by atoms with E-state index in [1.54, 1.807) is 6.92 Å². The molecule has 0 fully saturated rings. The summed E-state index contributed by atoms with van der Waals surface area (Å²) in [6.45, 7) is 1.60. The average Bonchev–Trinajstić information content (AvgIpc) is 1.65. The molecule has 0 aromatic carbocycles. The van der Waals surface area contributed by atoms with Gasteiger partial charge in [0.2, 0.25) is 0 Å². The summed E-state index contributed by atoms with van der Waals surface area (Å²) in [6.07, 6.45) is 0.222. The molecule has 9 heavy (non-hydrogen) atoms. The molecule has 0 bridgehead atoms. The van der Waals surface area contributed by atoms with Crippen LogP contribution in [0.2, 0.25) is 0 Å². The third-order valence-electron chi connectivity index (χ3n) is 0.302. The van der Waals surface area contributed by atoms with Crippen molar-refractivity contribution in [3.8, 4) is 0 Å². The second-order valence-electron chi connectivity index (χ2n) is 1.38. The number of carboxylic acid groups (broad SMARTS) is 1. The molecule has 0 aliphatic rings. The average molecular weight is 160 g/mol. The normalized spacial score (nSPS) is 8.22. The molecule has 5 heteroatoms. The van der Waals surface area contributed by atoms with Crippen molar-refractivity contribution in [3.05, 3.63) is 0 Å². The Bertz CT molecular complexity index is 70.2. The van der Waals surface area contributed by atoms with E-state index in [0.717, 1.165) is 0 Å². The minimum atomic E-state index is -0.979. The number of hydrogen-bond donors (Lipinski definition) is 3. The second-order valence-corrected chi connectivity index (χ2v) is 2.99. The third-order valence-corrected chi connectivity index (χ3v) is 0.302. The van der Waals surface area contributed by atoms with E-state index in [9.17, 15) is 4.79 Å². The van der Waals surface area contributed by atoms with Gasteiger partial charge in [0.25, 0.3) is 0 Å². The van der Waals surface area contributed by atoms with Crippen LogP contribution in [0.15, 0.2) is 0 Å². The predicted molar refractivity (Wildman–Crippen MR) is 31.9 cm³/mol. The fraction of sp³-hybridized carbons (Fsp3) is 0.750. The molecular weight excluding hydrogens is 151 g/mol. The number of rotatable bonds is 1. The molecule has 0 heterocycles. The molecule has 0 saturated heterocycles. The van der Waals surface area contributed by atoms with Gasteiger partial charge in [-0.15, -0.1) is 0 Å². The number of aliphatic carboxylic acids is 1. The van der Waals surface area contributed by atoms with Crippen molar-refractivity contribution in [2.45, 2.75) is 13.7 Å². The quantitative estimate of drug-likeness (QED) is 0.336. The van der Waals surface area contributed by atoms with Crippen molar-refractivity contribution in [2.24, 2.45) is 0 Å². The Morgan fingerprint density at radius 2 is 1.78 bits per heavy atom. The van der Waals surface area contributed by atoms with E-state index in [-0.39, 0.29) is 55.4 Å². The van der Waals surface area contributed by atoms with Gasteiger partial charge in [-0.3, -0.25) is 4.79 Å². The van der Waals surface area contributed by atoms with Gasteiger partial charge in [-0.1, -0.05) is 6.92 Å². The molecule has 0 aromatic heterocycles. The van der Waals surface area contributed by atoms with Gasteiger partial charge in [-0.25, -0.2) is 0 Å². The summed E-state index contributed by atoms with van der Waals surface area (Å²) in [7, 11) is 0. The van der Waals surface area contributed by atoms with Crippen LogP contribution in [0.1, 0.15) is 13.3 Å². The molecule has 0 unspecified atom stereocenters. The Morgan fingerprint density at radius 1 is 1.67 bits per heavy atom. The fourth-order valence-corrected chi connectivity index (χ4v) is 0. The van der Waals surface area contributed by atoms with E-state index < -0.39 is 6.35 Å². The number of carbonyl (C=O) groups is 1. The van der Waals surface area contributed by atoms with E-state index in [1.807, 2.05) is 0 Å². The number of aliphatic hydroxyl groups excluding tert-OH is 1. The molecule has 4 nitrogen and oxygen atoms in total. The SMILES string of the molecule is CCC(=O)O.O[CH](O)[K]. The van der Waals surface area contributed by atoms with Crippen LogP contribution in [0.25, 0.3) is 0 Å². The first-order valence-electron chi connectivity index (χ1n) is 2.58. The van der Waals surface area contributed by atoms with Crippen LogP contribution >= 0.6 is 0 Å². The van der Waals surface area contributed by atoms with E-state index >= 15 is 0 Å². The van der Waals surface area contributed by atoms with Gasteiger partial charge in [-0.2, -0.15) is 0 Å². The monoisotopic (exact) mass is 160 g/mol. The van der Waals surface area contributed by atoms with Crippen molar-refractivity contribution in [1.29, 1.82) is 0 Å². The number of carboxylic acids is 1. The number of hydrogen-bond acceptors (Lipinski definition) is 3. The molecule has 0 amide bonds. The Labute approximate surface area is 87.5 Å². The molecule has 0 atom stereocenters. The maximum atomic E-state index is 9.37. The molecule has 0 radical (unpaired) electrons. The second kappa shape index (κ2) is 9.03. The molecule has 0 aliphatic heterocycles. The van der Waals surface area contributed by atoms with Crippen molar-refractivity contribution in [2.75, 3.05) is 0 Å². The summed E-state index contributed by atoms with van der Waals surface area (Å²) >= 11 is 0.174. The Balaban J connectivity index is 0. The van der Waals surface area contributed by atoms with Crippen LogP contribution in [-0.2, 0) is 4.79 Å². The molecule has 3 N–H and O–H groups in total. The molecule has 0 rings (SSSR count). The zero-order valence-electron chi connectivity index (χ0n) is 5.53. The molecule has 0 saturated carbocycles. The van der Waals surface area contributed by atoms with E-state index in [4.69, 9.17) is 15.3 Å². The summed E-state index contributed by atoms with van der Waals surface area (Å²) in [5.74, 6) is -0.745. The maximum absolute atomic E-state index is 9.37. The zero-order chi connectivity index (χ0) is 7.86. The van der Waals surface area contributed by atoms with Crippen LogP contribution < -0.4 is 0 Å². The standard InChI is InChI=1S/C3H6O2.CH3O2.K/c1-2-3(4)5;2-1-3;/h2H2,1H3,(H,4,5);1-3H;. The van der Waals surface area contributed by atoms with Gasteiger partial charge < -0.3 is 5.11 Å². The van der Waals surface area contributed by atoms with Crippen molar-refractivity contribution >= 4 is 54.9 Å². The van der Waals surface area contributed by atoms with E-state index in [1.165, 1.54) is 0 Å². The van der Waals surface area contributed by atoms with Crippen molar-refractivity contribution < 1.29 is 20.1 Å². The van der Waals surface area contributed by atoms with Gasteiger partial charge in [0.15, 0.2) is 0 Å². The van der Waals surface area contributed by atoms with Gasteiger partial charge in [0.1, 0.15) is 0 Å². The van der Waals surface area contributed by atoms with Gasteiger partial charge in [0, 0.05) is 6.42 Å². The first-order valence-corrected chi connectivity index (χ1v) is 4.39. The molecule has 0 aliphatic carbocycles. The Hall–Kier alpha value is 1.03. The molecule has 50 valence electrons.